The monoisotopic (exact) mass is 320 g/mol. The zero-order valence-corrected chi connectivity index (χ0v) is 12.3. The van der Waals surface area contributed by atoms with Crippen LogP contribution in [-0.4, -0.2) is 19.4 Å². The first-order chi connectivity index (χ1) is 8.83. The number of nitrogens with zero attached hydrogens (tertiary/aromatic N) is 1. The molecule has 2 heterocycles. The summed E-state index contributed by atoms with van der Waals surface area (Å²) in [6, 6.07) is 1.35. The van der Waals surface area contributed by atoms with Gasteiger partial charge in [0.05, 0.1) is 4.88 Å². The van der Waals surface area contributed by atoms with Gasteiger partial charge >= 0.3 is 0 Å². The Morgan fingerprint density at radius 1 is 1.53 bits per heavy atom. The van der Waals surface area contributed by atoms with Gasteiger partial charge in [-0.15, -0.1) is 11.3 Å². The molecule has 6 nitrogen and oxygen atoms in total. The molecule has 0 saturated heterocycles. The number of hydrogen-bond acceptors (Lipinski definition) is 6. The van der Waals surface area contributed by atoms with E-state index >= 15 is 0 Å². The molecule has 0 unspecified atom stereocenters. The number of nitrogens with one attached hydrogen (secondary N) is 1. The molecule has 0 fully saturated rings. The van der Waals surface area contributed by atoms with Gasteiger partial charge in [-0.2, -0.15) is 0 Å². The highest BCUT2D eigenvalue weighted by Crippen LogP contribution is 2.29. The molecule has 0 bridgehead atoms. The van der Waals surface area contributed by atoms with Gasteiger partial charge in [0.25, 0.3) is 15.9 Å². The molecule has 1 N–H and O–H groups in total. The zero-order chi connectivity index (χ0) is 14.2. The molecule has 0 spiro atoms. The van der Waals surface area contributed by atoms with E-state index in [2.05, 4.69) is 9.88 Å². The summed E-state index contributed by atoms with van der Waals surface area (Å²) in [6.45, 7) is 2.88. The van der Waals surface area contributed by atoms with Crippen LogP contribution in [0.1, 0.15) is 22.3 Å². The Hall–Kier alpha value is -1.38. The number of thiophene rings is 1. The number of aromatic nitrogens is 1. The number of anilines is 1. The Balaban J connectivity index is 2.41. The number of halogens is 1. The highest BCUT2D eigenvalue weighted by molar-refractivity contribution is 7.93. The van der Waals surface area contributed by atoms with E-state index in [1.54, 1.807) is 6.92 Å². The standard InChI is InChI=1S/C10H9ClN2O4S2/c1-5-8(11)10(17-12-5)13-19(15,16)7-3-4-18-9(7)6(2)14/h3-4,13H,1-2H3. The second-order valence-corrected chi connectivity index (χ2v) is 6.63. The van der Waals surface area contributed by atoms with Crippen LogP contribution in [0.2, 0.25) is 5.02 Å². The molecular formula is C10H9ClN2O4S2. The van der Waals surface area contributed by atoms with Crippen molar-refractivity contribution >= 4 is 44.6 Å². The zero-order valence-electron chi connectivity index (χ0n) is 9.93. The third-order valence-electron chi connectivity index (χ3n) is 2.26. The molecule has 0 amide bonds. The van der Waals surface area contributed by atoms with Crippen LogP contribution < -0.4 is 4.72 Å². The first kappa shape index (κ1) is 14.0. The largest absolute Gasteiger partial charge is 0.336 e. The maximum Gasteiger partial charge on any atom is 0.265 e. The van der Waals surface area contributed by atoms with Crippen molar-refractivity contribution in [3.8, 4) is 0 Å². The number of aryl methyl sites for hydroxylation is 1. The molecule has 0 atom stereocenters. The van der Waals surface area contributed by atoms with E-state index in [4.69, 9.17) is 16.1 Å². The lowest BCUT2D eigenvalue weighted by Crippen LogP contribution is -2.14. The Bertz CT molecular complexity index is 733. The van der Waals surface area contributed by atoms with Gasteiger partial charge in [0.1, 0.15) is 15.6 Å². The summed E-state index contributed by atoms with van der Waals surface area (Å²) in [5, 5.41) is 5.15. The smallest absolute Gasteiger partial charge is 0.265 e. The van der Waals surface area contributed by atoms with Gasteiger partial charge in [0, 0.05) is 0 Å². The molecule has 0 aliphatic carbocycles. The average molecular weight is 321 g/mol. The van der Waals surface area contributed by atoms with E-state index in [9.17, 15) is 13.2 Å². The lowest BCUT2D eigenvalue weighted by molar-refractivity contribution is 0.101. The first-order valence-electron chi connectivity index (χ1n) is 5.06. The second-order valence-electron chi connectivity index (χ2n) is 3.69. The van der Waals surface area contributed by atoms with Crippen LogP contribution >= 0.6 is 22.9 Å². The van der Waals surface area contributed by atoms with Gasteiger partial charge in [-0.3, -0.25) is 4.79 Å². The van der Waals surface area contributed by atoms with Crippen LogP contribution in [0.15, 0.2) is 20.9 Å². The van der Waals surface area contributed by atoms with Crippen LogP contribution in [0.3, 0.4) is 0 Å². The lowest BCUT2D eigenvalue weighted by atomic mass is 10.4. The normalized spacial score (nSPS) is 11.5. The van der Waals surface area contributed by atoms with Crippen LogP contribution in [0.4, 0.5) is 5.88 Å². The molecule has 9 heteroatoms. The van der Waals surface area contributed by atoms with Gasteiger partial charge < -0.3 is 4.52 Å². The number of rotatable bonds is 4. The van der Waals surface area contributed by atoms with Crippen molar-refractivity contribution < 1.29 is 17.7 Å². The Kier molecular flexibility index (Phi) is 3.66. The molecule has 2 rings (SSSR count). The number of carbonyl (C=O) groups is 1. The van der Waals surface area contributed by atoms with E-state index in [1.807, 2.05) is 0 Å². The molecule has 0 aliphatic rings. The summed E-state index contributed by atoms with van der Waals surface area (Å²) in [5.74, 6) is -0.491. The molecule has 102 valence electrons. The molecule has 2 aromatic heterocycles. The number of sulfonamides is 1. The van der Waals surface area contributed by atoms with Crippen molar-refractivity contribution in [1.29, 1.82) is 0 Å². The van der Waals surface area contributed by atoms with E-state index in [0.29, 0.717) is 5.69 Å². The Morgan fingerprint density at radius 2 is 2.21 bits per heavy atom. The lowest BCUT2D eigenvalue weighted by Gasteiger charge is -2.04. The van der Waals surface area contributed by atoms with Crippen molar-refractivity contribution in [2.75, 3.05) is 4.72 Å². The van der Waals surface area contributed by atoms with Gasteiger partial charge in [0.2, 0.25) is 0 Å². The Morgan fingerprint density at radius 3 is 2.74 bits per heavy atom. The summed E-state index contributed by atoms with van der Waals surface area (Å²) >= 11 is 6.89. The molecule has 2 aromatic rings. The molecule has 0 saturated carbocycles. The SMILES string of the molecule is CC(=O)c1sccc1S(=O)(=O)Nc1onc(C)c1Cl. The summed E-state index contributed by atoms with van der Waals surface area (Å²) < 4.78 is 31.2. The molecule has 0 aromatic carbocycles. The molecule has 0 aliphatic heterocycles. The fourth-order valence-corrected chi connectivity index (χ4v) is 3.92. The van der Waals surface area contributed by atoms with Crippen molar-refractivity contribution in [3.05, 3.63) is 27.0 Å². The predicted molar refractivity (Wildman–Crippen MR) is 71.4 cm³/mol. The van der Waals surface area contributed by atoms with Crippen LogP contribution in [0, 0.1) is 6.92 Å². The summed E-state index contributed by atoms with van der Waals surface area (Å²) in [6.07, 6.45) is 0. The molecule has 19 heavy (non-hydrogen) atoms. The minimum atomic E-state index is -3.93. The number of hydrogen-bond donors (Lipinski definition) is 1. The fraction of sp³-hybridized carbons (Fsp3) is 0.200. The van der Waals surface area contributed by atoms with Gasteiger partial charge in [-0.05, 0) is 25.3 Å². The average Bonchev–Trinajstić information content (AvgIpc) is 2.91. The van der Waals surface area contributed by atoms with E-state index in [0.717, 1.165) is 11.3 Å². The second kappa shape index (κ2) is 4.95. The topological polar surface area (TPSA) is 89.3 Å². The van der Waals surface area contributed by atoms with Crippen molar-refractivity contribution in [1.82, 2.24) is 5.16 Å². The highest BCUT2D eigenvalue weighted by Gasteiger charge is 2.25. The van der Waals surface area contributed by atoms with E-state index in [1.165, 1.54) is 18.4 Å². The van der Waals surface area contributed by atoms with E-state index in [-0.39, 0.29) is 26.5 Å². The summed E-state index contributed by atoms with van der Waals surface area (Å²) in [4.78, 5) is 11.4. The van der Waals surface area contributed by atoms with Gasteiger partial charge in [-0.25, -0.2) is 13.1 Å². The minimum Gasteiger partial charge on any atom is -0.336 e. The number of ketones is 1. The predicted octanol–water partition coefficient (Wildman–Crippen LogP) is 2.70. The summed E-state index contributed by atoms with van der Waals surface area (Å²) in [7, 11) is -3.93. The van der Waals surface area contributed by atoms with Crippen LogP contribution in [0.5, 0.6) is 0 Å². The van der Waals surface area contributed by atoms with Gasteiger partial charge in [-0.1, -0.05) is 16.8 Å². The minimum absolute atomic E-state index is 0.0863. The number of carbonyl (C=O) groups excluding carboxylic acids is 1. The highest BCUT2D eigenvalue weighted by atomic mass is 35.5. The maximum atomic E-state index is 12.1. The molecular weight excluding hydrogens is 312 g/mol. The first-order valence-corrected chi connectivity index (χ1v) is 7.80. The fourth-order valence-electron chi connectivity index (χ4n) is 1.36. The van der Waals surface area contributed by atoms with Crippen LogP contribution in [-0.2, 0) is 10.0 Å². The summed E-state index contributed by atoms with van der Waals surface area (Å²) in [5.41, 5.74) is 0.372. The van der Waals surface area contributed by atoms with Crippen molar-refractivity contribution in [2.45, 2.75) is 18.7 Å². The van der Waals surface area contributed by atoms with E-state index < -0.39 is 10.0 Å². The Labute approximate surface area is 118 Å². The van der Waals surface area contributed by atoms with Crippen molar-refractivity contribution in [2.24, 2.45) is 0 Å². The third-order valence-corrected chi connectivity index (χ3v) is 5.22. The molecule has 0 radical (unpaired) electrons. The number of Topliss-reactive ketones (excluding diaryl/α,β-unsaturated/α-hetero) is 1. The van der Waals surface area contributed by atoms with Crippen LogP contribution in [0.25, 0.3) is 0 Å². The maximum absolute atomic E-state index is 12.1. The third kappa shape index (κ3) is 2.65. The quantitative estimate of drug-likeness (QED) is 0.875. The van der Waals surface area contributed by atoms with Gasteiger partial charge in [0.15, 0.2) is 5.78 Å². The van der Waals surface area contributed by atoms with Crippen molar-refractivity contribution in [3.63, 3.8) is 0 Å².